The number of anilines is 1. The van der Waals surface area contributed by atoms with Crippen LogP contribution in [0.15, 0.2) is 24.4 Å². The zero-order valence-corrected chi connectivity index (χ0v) is 18.1. The third-order valence-corrected chi connectivity index (χ3v) is 7.73. The van der Waals surface area contributed by atoms with E-state index in [9.17, 15) is 9.59 Å². The smallest absolute Gasteiger partial charge is 0.274 e. The number of amides is 2. The zero-order chi connectivity index (χ0) is 20.9. The van der Waals surface area contributed by atoms with Crippen molar-refractivity contribution in [3.8, 4) is 0 Å². The van der Waals surface area contributed by atoms with Crippen LogP contribution in [0, 0.1) is 23.2 Å². The van der Waals surface area contributed by atoms with Crippen molar-refractivity contribution in [1.82, 2.24) is 14.3 Å². The second-order valence-corrected chi connectivity index (χ2v) is 9.89. The maximum absolute atomic E-state index is 13.1. The minimum atomic E-state index is -0.0745. The van der Waals surface area contributed by atoms with Crippen LogP contribution in [0.4, 0.5) is 5.82 Å². The molecule has 160 valence electrons. The standard InChI is InChI=1S/C24H32N4O2/c1-3-27(4-2)23(30)19-15-28-20(25-19)6-5-7-21(28)26-22(29)14-24-11-16-8-17(12-24)10-18(9-16)13-24/h5-7,15-18H,3-4,8-14H2,1-2H3,(H,26,29). The minimum absolute atomic E-state index is 0.0745. The normalized spacial score (nSPS) is 29.3. The van der Waals surface area contributed by atoms with E-state index in [1.165, 1.54) is 38.5 Å². The Morgan fingerprint density at radius 2 is 1.73 bits per heavy atom. The van der Waals surface area contributed by atoms with Gasteiger partial charge in [-0.05, 0) is 87.7 Å². The molecule has 0 radical (unpaired) electrons. The van der Waals surface area contributed by atoms with Crippen molar-refractivity contribution in [1.29, 1.82) is 0 Å². The van der Waals surface area contributed by atoms with Crippen molar-refractivity contribution in [2.75, 3.05) is 18.4 Å². The number of aromatic nitrogens is 2. The van der Waals surface area contributed by atoms with Crippen molar-refractivity contribution in [3.05, 3.63) is 30.1 Å². The highest BCUT2D eigenvalue weighted by molar-refractivity contribution is 5.94. The average molecular weight is 409 g/mol. The third kappa shape index (κ3) is 3.40. The quantitative estimate of drug-likeness (QED) is 0.772. The Labute approximate surface area is 178 Å². The summed E-state index contributed by atoms with van der Waals surface area (Å²) >= 11 is 0. The molecule has 30 heavy (non-hydrogen) atoms. The van der Waals surface area contributed by atoms with Crippen molar-refractivity contribution in [3.63, 3.8) is 0 Å². The molecule has 0 aliphatic heterocycles. The summed E-state index contributed by atoms with van der Waals surface area (Å²) in [6.45, 7) is 5.23. The third-order valence-electron chi connectivity index (χ3n) is 7.73. The molecule has 0 aromatic carbocycles. The molecule has 4 fully saturated rings. The maximum Gasteiger partial charge on any atom is 0.274 e. The van der Waals surface area contributed by atoms with Gasteiger partial charge < -0.3 is 10.2 Å². The molecule has 4 saturated carbocycles. The number of fused-ring (bicyclic) bond motifs is 1. The highest BCUT2D eigenvalue weighted by Crippen LogP contribution is 2.61. The average Bonchev–Trinajstić information content (AvgIpc) is 3.12. The van der Waals surface area contributed by atoms with Crippen LogP contribution in [-0.2, 0) is 4.79 Å². The van der Waals surface area contributed by atoms with Crippen molar-refractivity contribution in [2.24, 2.45) is 23.2 Å². The summed E-state index contributed by atoms with van der Waals surface area (Å²) in [6.07, 6.45) is 10.2. The van der Waals surface area contributed by atoms with E-state index in [-0.39, 0.29) is 17.2 Å². The molecule has 6 rings (SSSR count). The van der Waals surface area contributed by atoms with Gasteiger partial charge in [-0.25, -0.2) is 4.98 Å². The molecule has 6 heteroatoms. The summed E-state index contributed by atoms with van der Waals surface area (Å²) in [5.41, 5.74) is 1.31. The Bertz CT molecular complexity index is 939. The fourth-order valence-corrected chi connectivity index (χ4v) is 6.92. The van der Waals surface area contributed by atoms with Crippen molar-refractivity contribution < 1.29 is 9.59 Å². The van der Waals surface area contributed by atoms with Crippen LogP contribution in [0.25, 0.3) is 5.65 Å². The van der Waals surface area contributed by atoms with E-state index < -0.39 is 0 Å². The van der Waals surface area contributed by atoms with Gasteiger partial charge in [-0.3, -0.25) is 14.0 Å². The van der Waals surface area contributed by atoms with Crippen LogP contribution in [-0.4, -0.2) is 39.2 Å². The predicted octanol–water partition coefficient (Wildman–Crippen LogP) is 4.36. The molecule has 0 unspecified atom stereocenters. The molecule has 2 heterocycles. The van der Waals surface area contributed by atoms with Gasteiger partial charge >= 0.3 is 0 Å². The lowest BCUT2D eigenvalue weighted by Crippen LogP contribution is -2.47. The van der Waals surface area contributed by atoms with E-state index in [0.717, 1.165) is 17.8 Å². The predicted molar refractivity (Wildman–Crippen MR) is 116 cm³/mol. The van der Waals surface area contributed by atoms with Crippen LogP contribution in [0.2, 0.25) is 0 Å². The fraction of sp³-hybridized carbons (Fsp3) is 0.625. The first kappa shape index (κ1) is 19.6. The molecule has 0 spiro atoms. The topological polar surface area (TPSA) is 66.7 Å². The van der Waals surface area contributed by atoms with E-state index in [1.807, 2.05) is 36.4 Å². The van der Waals surface area contributed by atoms with Crippen LogP contribution in [0.5, 0.6) is 0 Å². The van der Waals surface area contributed by atoms with E-state index in [2.05, 4.69) is 10.3 Å². The van der Waals surface area contributed by atoms with Crippen molar-refractivity contribution in [2.45, 2.75) is 58.8 Å². The number of imidazole rings is 1. The summed E-state index contributed by atoms with van der Waals surface area (Å²) in [7, 11) is 0. The van der Waals surface area contributed by atoms with Gasteiger partial charge in [0, 0.05) is 25.7 Å². The van der Waals surface area contributed by atoms with Gasteiger partial charge in [0.05, 0.1) is 0 Å². The highest BCUT2D eigenvalue weighted by Gasteiger charge is 2.51. The zero-order valence-electron chi connectivity index (χ0n) is 18.1. The second-order valence-electron chi connectivity index (χ2n) is 9.89. The molecule has 4 aliphatic rings. The summed E-state index contributed by atoms with van der Waals surface area (Å²) in [5.74, 6) is 3.23. The first-order valence-corrected chi connectivity index (χ1v) is 11.6. The van der Waals surface area contributed by atoms with Gasteiger partial charge in [0.15, 0.2) is 0 Å². The molecule has 4 aliphatic carbocycles. The lowest BCUT2D eigenvalue weighted by Gasteiger charge is -2.56. The summed E-state index contributed by atoms with van der Waals surface area (Å²) < 4.78 is 1.83. The van der Waals surface area contributed by atoms with Crippen LogP contribution >= 0.6 is 0 Å². The highest BCUT2D eigenvalue weighted by atomic mass is 16.2. The van der Waals surface area contributed by atoms with E-state index in [4.69, 9.17) is 0 Å². The SMILES string of the molecule is CCN(CC)C(=O)c1cn2c(NC(=O)CC34CC5CC(CC(C5)C3)C4)cccc2n1. The second kappa shape index (κ2) is 7.40. The summed E-state index contributed by atoms with van der Waals surface area (Å²) in [4.78, 5) is 32.0. The number of carbonyl (C=O) groups excluding carboxylic acids is 2. The molecule has 4 bridgehead atoms. The summed E-state index contributed by atoms with van der Waals surface area (Å²) in [5, 5.41) is 3.13. The Balaban J connectivity index is 1.34. The summed E-state index contributed by atoms with van der Waals surface area (Å²) in [6, 6.07) is 5.64. The molecule has 6 nitrogen and oxygen atoms in total. The maximum atomic E-state index is 13.1. The Morgan fingerprint density at radius 1 is 1.10 bits per heavy atom. The van der Waals surface area contributed by atoms with Gasteiger partial charge in [-0.15, -0.1) is 0 Å². The van der Waals surface area contributed by atoms with Gasteiger partial charge in [0.25, 0.3) is 5.91 Å². The molecule has 2 aromatic heterocycles. The van der Waals surface area contributed by atoms with Crippen molar-refractivity contribution >= 4 is 23.3 Å². The van der Waals surface area contributed by atoms with Gasteiger partial charge in [-0.2, -0.15) is 0 Å². The molecular formula is C24H32N4O2. The van der Waals surface area contributed by atoms with E-state index in [1.54, 1.807) is 11.1 Å². The Kier molecular flexibility index (Phi) is 4.83. The minimum Gasteiger partial charge on any atom is -0.338 e. The number of hydrogen-bond donors (Lipinski definition) is 1. The number of nitrogens with one attached hydrogen (secondary N) is 1. The largest absolute Gasteiger partial charge is 0.338 e. The lowest BCUT2D eigenvalue weighted by molar-refractivity contribution is -0.124. The Hall–Kier alpha value is -2.37. The molecule has 2 amide bonds. The Morgan fingerprint density at radius 3 is 2.33 bits per heavy atom. The first-order valence-electron chi connectivity index (χ1n) is 11.6. The molecule has 0 atom stereocenters. The van der Waals surface area contributed by atoms with Gasteiger partial charge in [0.1, 0.15) is 17.2 Å². The van der Waals surface area contributed by atoms with E-state index in [0.29, 0.717) is 36.7 Å². The van der Waals surface area contributed by atoms with Crippen LogP contribution < -0.4 is 5.32 Å². The molecule has 0 saturated heterocycles. The first-order chi connectivity index (χ1) is 14.5. The fourth-order valence-electron chi connectivity index (χ4n) is 6.92. The van der Waals surface area contributed by atoms with E-state index >= 15 is 0 Å². The molecule has 2 aromatic rings. The molecule has 1 N–H and O–H groups in total. The van der Waals surface area contributed by atoms with Gasteiger partial charge in [0.2, 0.25) is 5.91 Å². The number of rotatable bonds is 6. The lowest BCUT2D eigenvalue weighted by atomic mass is 9.49. The number of pyridine rings is 1. The van der Waals surface area contributed by atoms with Crippen LogP contribution in [0.1, 0.15) is 69.3 Å². The van der Waals surface area contributed by atoms with Crippen LogP contribution in [0.3, 0.4) is 0 Å². The number of nitrogens with zero attached hydrogens (tertiary/aromatic N) is 3. The molecular weight excluding hydrogens is 376 g/mol. The van der Waals surface area contributed by atoms with Gasteiger partial charge in [-0.1, -0.05) is 6.07 Å². The monoisotopic (exact) mass is 408 g/mol. The number of carbonyl (C=O) groups is 2. The number of hydrogen-bond acceptors (Lipinski definition) is 3.